The van der Waals surface area contributed by atoms with Gasteiger partial charge in [0.15, 0.2) is 18.9 Å². The predicted octanol–water partition coefficient (Wildman–Crippen LogP) is 3.52. The van der Waals surface area contributed by atoms with Crippen LogP contribution in [0.15, 0.2) is 61.2 Å². The third kappa shape index (κ3) is 7.79. The molecule has 0 aliphatic heterocycles. The molecule has 0 saturated heterocycles. The van der Waals surface area contributed by atoms with Crippen molar-refractivity contribution in [1.29, 1.82) is 0 Å². The molecule has 1 aromatic carbocycles. The zero-order valence-electron chi connectivity index (χ0n) is 16.8. The molecular weight excluding hydrogens is 352 g/mol. The monoisotopic (exact) mass is 383 g/mol. The van der Waals surface area contributed by atoms with E-state index >= 15 is 0 Å². The maximum Gasteiger partial charge on any atom is 0.169 e. The summed E-state index contributed by atoms with van der Waals surface area (Å²) in [7, 11) is 8.11. The molecule has 0 saturated carbocycles. The highest BCUT2D eigenvalue weighted by Gasteiger charge is 2.01. The molecule has 2 aromatic rings. The van der Waals surface area contributed by atoms with E-state index in [0.717, 1.165) is 18.2 Å². The average molecular weight is 384 g/mol. The summed E-state index contributed by atoms with van der Waals surface area (Å²) >= 11 is 1.93. The molecule has 4 nitrogen and oxygen atoms in total. The molecule has 0 spiro atoms. The lowest BCUT2D eigenvalue weighted by Crippen LogP contribution is -2.34. The Balaban J connectivity index is 1.78. The van der Waals surface area contributed by atoms with Crippen molar-refractivity contribution in [3.8, 4) is 0 Å². The fraction of sp³-hybridized carbons (Fsp3) is 0.318. The molecule has 0 aliphatic rings. The van der Waals surface area contributed by atoms with Crippen LogP contribution in [0.4, 0.5) is 5.69 Å². The van der Waals surface area contributed by atoms with Crippen molar-refractivity contribution in [3.63, 3.8) is 0 Å². The zero-order valence-corrected chi connectivity index (χ0v) is 17.6. The van der Waals surface area contributed by atoms with Gasteiger partial charge in [-0.15, -0.1) is 11.8 Å². The number of aromatic nitrogens is 1. The fourth-order valence-electron chi connectivity index (χ4n) is 2.43. The maximum absolute atomic E-state index is 3.00. The number of nitrogens with zero attached hydrogens (tertiary/aromatic N) is 3. The summed E-state index contributed by atoms with van der Waals surface area (Å²) in [6.45, 7) is 1.02. The highest BCUT2D eigenvalue weighted by atomic mass is 32.2. The van der Waals surface area contributed by atoms with Crippen molar-refractivity contribution < 1.29 is 4.57 Å². The molecule has 144 valence electrons. The number of hydrogen-bond acceptors (Lipinski definition) is 4. The van der Waals surface area contributed by atoms with Gasteiger partial charge in [-0.2, -0.15) is 0 Å². The minimum Gasteiger partial charge on any atom is -0.393 e. The highest BCUT2D eigenvalue weighted by Crippen LogP contribution is 2.14. The molecule has 27 heavy (non-hydrogen) atoms. The molecular formula is C22H31N4S+. The summed E-state index contributed by atoms with van der Waals surface area (Å²) in [5.74, 6) is 2.09. The van der Waals surface area contributed by atoms with E-state index in [1.165, 1.54) is 16.8 Å². The Morgan fingerprint density at radius 2 is 1.59 bits per heavy atom. The Kier molecular flexibility index (Phi) is 8.78. The smallest absolute Gasteiger partial charge is 0.169 e. The van der Waals surface area contributed by atoms with Crippen molar-refractivity contribution in [3.05, 3.63) is 72.3 Å². The van der Waals surface area contributed by atoms with Crippen LogP contribution in [0.1, 0.15) is 11.1 Å². The lowest BCUT2D eigenvalue weighted by atomic mass is 10.1. The average Bonchev–Trinajstić information content (AvgIpc) is 2.69. The number of nitrogens with one attached hydrogen (secondary N) is 1. The molecule has 1 N–H and O–H groups in total. The van der Waals surface area contributed by atoms with E-state index in [0.29, 0.717) is 0 Å². The summed E-state index contributed by atoms with van der Waals surface area (Å²) < 4.78 is 2.24. The van der Waals surface area contributed by atoms with Gasteiger partial charge in [0, 0.05) is 58.4 Å². The van der Waals surface area contributed by atoms with Crippen LogP contribution in [-0.2, 0) is 6.54 Å². The van der Waals surface area contributed by atoms with Crippen LogP contribution in [0.3, 0.4) is 0 Å². The van der Waals surface area contributed by atoms with Crippen molar-refractivity contribution in [2.24, 2.45) is 0 Å². The summed E-state index contributed by atoms with van der Waals surface area (Å²) in [5.41, 5.74) is 3.65. The number of rotatable bonds is 10. The molecule has 1 aromatic heterocycles. The first-order valence-corrected chi connectivity index (χ1v) is 10.3. The van der Waals surface area contributed by atoms with E-state index < -0.39 is 0 Å². The molecule has 0 atom stereocenters. The van der Waals surface area contributed by atoms with E-state index in [2.05, 4.69) is 108 Å². The largest absolute Gasteiger partial charge is 0.393 e. The van der Waals surface area contributed by atoms with Gasteiger partial charge in [-0.1, -0.05) is 24.3 Å². The number of aryl methyl sites for hydroxylation is 1. The van der Waals surface area contributed by atoms with E-state index in [1.807, 2.05) is 25.0 Å². The second-order valence-corrected chi connectivity index (χ2v) is 7.66. The minimum absolute atomic E-state index is 0.992. The highest BCUT2D eigenvalue weighted by molar-refractivity contribution is 7.99. The summed E-state index contributed by atoms with van der Waals surface area (Å²) in [5, 5.41) is 3.00. The topological polar surface area (TPSA) is 22.4 Å². The van der Waals surface area contributed by atoms with Gasteiger partial charge in [0.05, 0.1) is 11.6 Å². The molecule has 0 amide bonds. The van der Waals surface area contributed by atoms with Crippen LogP contribution in [0.5, 0.6) is 0 Å². The summed E-state index contributed by atoms with van der Waals surface area (Å²) in [6, 6.07) is 12.9. The summed E-state index contributed by atoms with van der Waals surface area (Å²) in [6.07, 6.45) is 12.6. The number of anilines is 1. The van der Waals surface area contributed by atoms with Crippen LogP contribution in [0, 0.1) is 0 Å². The van der Waals surface area contributed by atoms with Crippen molar-refractivity contribution in [2.45, 2.75) is 6.54 Å². The number of benzene rings is 1. The third-order valence-corrected chi connectivity index (χ3v) is 5.14. The summed E-state index contributed by atoms with van der Waals surface area (Å²) in [4.78, 5) is 4.28. The van der Waals surface area contributed by atoms with Gasteiger partial charge >= 0.3 is 0 Å². The van der Waals surface area contributed by atoms with Gasteiger partial charge in [0.25, 0.3) is 0 Å². The van der Waals surface area contributed by atoms with E-state index in [1.54, 1.807) is 0 Å². The zero-order chi connectivity index (χ0) is 19.5. The first-order valence-electron chi connectivity index (χ1n) is 9.15. The molecule has 0 bridgehead atoms. The van der Waals surface area contributed by atoms with Crippen LogP contribution in [0.25, 0.3) is 12.2 Å². The Bertz CT molecular complexity index is 721. The lowest BCUT2D eigenvalue weighted by Gasteiger charge is -2.12. The van der Waals surface area contributed by atoms with Crippen molar-refractivity contribution >= 4 is 29.6 Å². The maximum atomic E-state index is 3.00. The predicted molar refractivity (Wildman–Crippen MR) is 120 cm³/mol. The Labute approximate surface area is 168 Å². The van der Waals surface area contributed by atoms with Gasteiger partial charge in [-0.05, 0) is 23.3 Å². The van der Waals surface area contributed by atoms with Crippen LogP contribution in [-0.4, -0.2) is 44.7 Å². The normalized spacial score (nSPS) is 11.3. The number of pyridine rings is 1. The lowest BCUT2D eigenvalue weighted by molar-refractivity contribution is -0.692. The van der Waals surface area contributed by atoms with Crippen LogP contribution in [0.2, 0.25) is 0 Å². The Morgan fingerprint density at radius 3 is 2.19 bits per heavy atom. The molecule has 0 unspecified atom stereocenters. The molecule has 0 aliphatic carbocycles. The fourth-order valence-corrected chi connectivity index (χ4v) is 3.27. The van der Waals surface area contributed by atoms with Crippen LogP contribution >= 0.6 is 11.8 Å². The third-order valence-electron chi connectivity index (χ3n) is 4.08. The minimum atomic E-state index is 0.992. The number of hydrogen-bond donors (Lipinski definition) is 1. The number of thioether (sulfide) groups is 1. The van der Waals surface area contributed by atoms with Crippen molar-refractivity contribution in [2.75, 3.05) is 44.7 Å². The quantitative estimate of drug-likeness (QED) is 0.385. The van der Waals surface area contributed by atoms with Crippen molar-refractivity contribution in [1.82, 2.24) is 10.2 Å². The van der Waals surface area contributed by atoms with E-state index in [4.69, 9.17) is 0 Å². The van der Waals surface area contributed by atoms with Gasteiger partial charge in [0.2, 0.25) is 0 Å². The van der Waals surface area contributed by atoms with Gasteiger partial charge in [-0.3, -0.25) is 0 Å². The first-order chi connectivity index (χ1) is 13.1. The van der Waals surface area contributed by atoms with Gasteiger partial charge < -0.3 is 15.1 Å². The van der Waals surface area contributed by atoms with E-state index in [-0.39, 0.29) is 0 Å². The molecule has 1 heterocycles. The second-order valence-electron chi connectivity index (χ2n) is 6.59. The van der Waals surface area contributed by atoms with E-state index in [9.17, 15) is 0 Å². The standard InChI is InChI=1S/C22H31N4S/c1-23-13-16-25(4)19-27-18-17-26-14-11-21(12-15-26)6-5-20-7-9-22(10-8-20)24(2)3/h5-16,23H,17-19H2,1-4H3/q+1/b16-13-. The SMILES string of the molecule is CN/C=C\N(C)CSCC[n+]1ccc(/C=C/c2ccc(N(C)C)cc2)cc1. The first kappa shape index (κ1) is 20.9. The van der Waals surface area contributed by atoms with Gasteiger partial charge in [-0.25, -0.2) is 4.57 Å². The second kappa shape index (κ2) is 11.3. The molecule has 5 heteroatoms. The van der Waals surface area contributed by atoms with Crippen LogP contribution < -0.4 is 14.8 Å². The Hall–Kier alpha value is -2.40. The molecule has 2 rings (SSSR count). The Morgan fingerprint density at radius 1 is 0.963 bits per heavy atom. The molecule has 0 radical (unpaired) electrons. The molecule has 0 fully saturated rings. The van der Waals surface area contributed by atoms with Gasteiger partial charge in [0.1, 0.15) is 0 Å².